The van der Waals surface area contributed by atoms with Crippen molar-refractivity contribution in [3.8, 4) is 0 Å². The molecule has 2 aliphatic rings. The molecule has 0 amide bonds. The predicted octanol–water partition coefficient (Wildman–Crippen LogP) is 1.07. The normalized spacial score (nSPS) is 23.2. The minimum absolute atomic E-state index is 0.0221. The molecule has 0 radical (unpaired) electrons. The van der Waals surface area contributed by atoms with Gasteiger partial charge in [0.25, 0.3) is 0 Å². The van der Waals surface area contributed by atoms with Crippen LogP contribution in [0, 0.1) is 5.92 Å². The molecular weight excluding hydrogens is 218 g/mol. The molecule has 1 aromatic rings. The quantitative estimate of drug-likeness (QED) is 0.767. The standard InChI is InChI=1S/C12H17N3O2/c1-4-13-12(14-5-1)15-6-2-10(3-7-15)11-16-8-9-17-11/h1,4-5,10-11H,2-3,6-9H2. The number of rotatable bonds is 2. The molecule has 0 unspecified atom stereocenters. The summed E-state index contributed by atoms with van der Waals surface area (Å²) in [4.78, 5) is 10.8. The number of hydrogen-bond donors (Lipinski definition) is 0. The molecule has 0 saturated carbocycles. The second kappa shape index (κ2) is 4.98. The molecule has 0 atom stereocenters. The van der Waals surface area contributed by atoms with E-state index in [-0.39, 0.29) is 6.29 Å². The highest BCUT2D eigenvalue weighted by Gasteiger charge is 2.30. The Morgan fingerprint density at radius 2 is 1.71 bits per heavy atom. The number of piperidine rings is 1. The van der Waals surface area contributed by atoms with E-state index in [1.165, 1.54) is 0 Å². The van der Waals surface area contributed by atoms with Gasteiger partial charge in [0.2, 0.25) is 5.95 Å². The zero-order valence-corrected chi connectivity index (χ0v) is 9.79. The first-order chi connectivity index (χ1) is 8.43. The van der Waals surface area contributed by atoms with E-state index in [9.17, 15) is 0 Å². The molecule has 0 N–H and O–H groups in total. The van der Waals surface area contributed by atoms with Crippen molar-refractivity contribution in [1.29, 1.82) is 0 Å². The Morgan fingerprint density at radius 1 is 1.06 bits per heavy atom. The van der Waals surface area contributed by atoms with Gasteiger partial charge in [-0.3, -0.25) is 0 Å². The van der Waals surface area contributed by atoms with Crippen LogP contribution in [-0.4, -0.2) is 42.6 Å². The summed E-state index contributed by atoms with van der Waals surface area (Å²) in [6.07, 6.45) is 5.77. The number of hydrogen-bond acceptors (Lipinski definition) is 5. The van der Waals surface area contributed by atoms with Crippen molar-refractivity contribution in [3.05, 3.63) is 18.5 Å². The zero-order chi connectivity index (χ0) is 11.5. The molecule has 2 saturated heterocycles. The predicted molar refractivity (Wildman–Crippen MR) is 62.7 cm³/mol. The van der Waals surface area contributed by atoms with Gasteiger partial charge in [-0.25, -0.2) is 9.97 Å². The molecule has 0 aromatic carbocycles. The van der Waals surface area contributed by atoms with Crippen LogP contribution in [0.3, 0.4) is 0 Å². The van der Waals surface area contributed by atoms with Gasteiger partial charge in [0.05, 0.1) is 13.2 Å². The highest BCUT2D eigenvalue weighted by Crippen LogP contribution is 2.26. The van der Waals surface area contributed by atoms with Crippen LogP contribution in [0.2, 0.25) is 0 Å². The Hall–Kier alpha value is -1.20. The summed E-state index contributed by atoms with van der Waals surface area (Å²) in [5.41, 5.74) is 0. The Bertz CT molecular complexity index is 346. The third-order valence-corrected chi connectivity index (χ3v) is 3.41. The summed E-state index contributed by atoms with van der Waals surface area (Å²) < 4.78 is 11.1. The summed E-state index contributed by atoms with van der Waals surface area (Å²) in [5, 5.41) is 0. The lowest BCUT2D eigenvalue weighted by Gasteiger charge is -2.33. The van der Waals surface area contributed by atoms with Crippen molar-refractivity contribution in [3.63, 3.8) is 0 Å². The van der Waals surface area contributed by atoms with Crippen LogP contribution in [0.15, 0.2) is 18.5 Å². The van der Waals surface area contributed by atoms with Gasteiger partial charge in [-0.1, -0.05) is 0 Å². The van der Waals surface area contributed by atoms with Gasteiger partial charge in [-0.2, -0.15) is 0 Å². The molecule has 0 aliphatic carbocycles. The van der Waals surface area contributed by atoms with Gasteiger partial charge in [0.15, 0.2) is 6.29 Å². The maximum absolute atomic E-state index is 5.56. The molecule has 2 fully saturated rings. The fourth-order valence-electron chi connectivity index (χ4n) is 2.47. The molecule has 5 nitrogen and oxygen atoms in total. The summed E-state index contributed by atoms with van der Waals surface area (Å²) in [5.74, 6) is 1.36. The first kappa shape index (κ1) is 10.9. The maximum atomic E-state index is 5.56. The van der Waals surface area contributed by atoms with Gasteiger partial charge >= 0.3 is 0 Å². The summed E-state index contributed by atoms with van der Waals surface area (Å²) in [7, 11) is 0. The topological polar surface area (TPSA) is 47.5 Å². The third kappa shape index (κ3) is 2.40. The van der Waals surface area contributed by atoms with E-state index in [2.05, 4.69) is 14.9 Å². The van der Waals surface area contributed by atoms with Crippen LogP contribution < -0.4 is 4.90 Å². The summed E-state index contributed by atoms with van der Waals surface area (Å²) >= 11 is 0. The number of nitrogens with zero attached hydrogens (tertiary/aromatic N) is 3. The van der Waals surface area contributed by atoms with Crippen molar-refractivity contribution in [2.24, 2.45) is 5.92 Å². The average molecular weight is 235 g/mol. The molecular formula is C12H17N3O2. The molecule has 92 valence electrons. The second-order valence-corrected chi connectivity index (χ2v) is 4.48. The lowest BCUT2D eigenvalue weighted by Crippen LogP contribution is -2.38. The monoisotopic (exact) mass is 235 g/mol. The molecule has 3 heterocycles. The number of ether oxygens (including phenoxy) is 2. The van der Waals surface area contributed by atoms with Gasteiger partial charge in [-0.15, -0.1) is 0 Å². The van der Waals surface area contributed by atoms with Crippen LogP contribution >= 0.6 is 0 Å². The first-order valence-corrected chi connectivity index (χ1v) is 6.18. The first-order valence-electron chi connectivity index (χ1n) is 6.18. The Morgan fingerprint density at radius 3 is 2.35 bits per heavy atom. The van der Waals surface area contributed by atoms with Crippen LogP contribution in [0.25, 0.3) is 0 Å². The Balaban J connectivity index is 1.57. The van der Waals surface area contributed by atoms with E-state index in [0.29, 0.717) is 5.92 Å². The minimum Gasteiger partial charge on any atom is -0.350 e. The molecule has 0 spiro atoms. The van der Waals surface area contributed by atoms with E-state index in [0.717, 1.165) is 45.1 Å². The summed E-state index contributed by atoms with van der Waals surface area (Å²) in [6.45, 7) is 3.45. The van der Waals surface area contributed by atoms with Crippen LogP contribution in [0.5, 0.6) is 0 Å². The van der Waals surface area contributed by atoms with Crippen molar-refractivity contribution in [1.82, 2.24) is 9.97 Å². The lowest BCUT2D eigenvalue weighted by molar-refractivity contribution is -0.0889. The molecule has 2 aliphatic heterocycles. The van der Waals surface area contributed by atoms with Crippen LogP contribution in [0.4, 0.5) is 5.95 Å². The van der Waals surface area contributed by atoms with Crippen molar-refractivity contribution < 1.29 is 9.47 Å². The van der Waals surface area contributed by atoms with E-state index < -0.39 is 0 Å². The van der Waals surface area contributed by atoms with Crippen molar-refractivity contribution in [2.75, 3.05) is 31.2 Å². The van der Waals surface area contributed by atoms with Crippen molar-refractivity contribution >= 4 is 5.95 Å². The van der Waals surface area contributed by atoms with Crippen LogP contribution in [-0.2, 0) is 9.47 Å². The molecule has 17 heavy (non-hydrogen) atoms. The lowest BCUT2D eigenvalue weighted by atomic mass is 9.96. The molecule has 5 heteroatoms. The SMILES string of the molecule is c1cnc(N2CCC(C3OCCO3)CC2)nc1. The molecule has 0 bridgehead atoms. The Labute approximate surface area is 101 Å². The third-order valence-electron chi connectivity index (χ3n) is 3.41. The zero-order valence-electron chi connectivity index (χ0n) is 9.79. The van der Waals surface area contributed by atoms with Gasteiger partial charge in [0.1, 0.15) is 0 Å². The number of aromatic nitrogens is 2. The van der Waals surface area contributed by atoms with Crippen LogP contribution in [0.1, 0.15) is 12.8 Å². The van der Waals surface area contributed by atoms with E-state index in [1.807, 2.05) is 6.07 Å². The fourth-order valence-corrected chi connectivity index (χ4v) is 2.47. The molecule has 3 rings (SSSR count). The second-order valence-electron chi connectivity index (χ2n) is 4.48. The summed E-state index contributed by atoms with van der Waals surface area (Å²) in [6, 6.07) is 1.84. The number of anilines is 1. The van der Waals surface area contributed by atoms with Crippen molar-refractivity contribution in [2.45, 2.75) is 19.1 Å². The van der Waals surface area contributed by atoms with Gasteiger partial charge in [0, 0.05) is 31.4 Å². The molecule has 1 aromatic heterocycles. The van der Waals surface area contributed by atoms with Gasteiger partial charge in [-0.05, 0) is 18.9 Å². The van der Waals surface area contributed by atoms with Gasteiger partial charge < -0.3 is 14.4 Å². The fraction of sp³-hybridized carbons (Fsp3) is 0.667. The van der Waals surface area contributed by atoms with E-state index >= 15 is 0 Å². The largest absolute Gasteiger partial charge is 0.350 e. The minimum atomic E-state index is 0.0221. The highest BCUT2D eigenvalue weighted by molar-refractivity contribution is 5.28. The highest BCUT2D eigenvalue weighted by atomic mass is 16.7. The van der Waals surface area contributed by atoms with E-state index in [1.54, 1.807) is 12.4 Å². The smallest absolute Gasteiger partial charge is 0.225 e. The maximum Gasteiger partial charge on any atom is 0.225 e. The van der Waals surface area contributed by atoms with E-state index in [4.69, 9.17) is 9.47 Å². The Kier molecular flexibility index (Phi) is 3.20. The average Bonchev–Trinajstić information content (AvgIpc) is 2.94.